The van der Waals surface area contributed by atoms with Crippen LogP contribution < -0.4 is 10.6 Å². The topological polar surface area (TPSA) is 71.8 Å². The number of nitrogens with one attached hydrogen (secondary N) is 2. The molecule has 6 heteroatoms. The van der Waals surface area contributed by atoms with E-state index in [1.54, 1.807) is 18.5 Å². The Hall–Kier alpha value is -2.99. The molecule has 1 amide bonds. The molecule has 1 aliphatic rings. The molecule has 1 aromatic carbocycles. The molecule has 1 saturated heterocycles. The third kappa shape index (κ3) is 3.75. The summed E-state index contributed by atoms with van der Waals surface area (Å²) in [6.07, 6.45) is 5.32. The molecule has 0 aliphatic carbocycles. The fourth-order valence-electron chi connectivity index (χ4n) is 3.61. The van der Waals surface area contributed by atoms with Crippen molar-refractivity contribution in [2.45, 2.75) is 25.7 Å². The molecule has 0 radical (unpaired) electrons. The van der Waals surface area contributed by atoms with Crippen LogP contribution in [0.2, 0.25) is 0 Å². The van der Waals surface area contributed by atoms with Gasteiger partial charge in [0.1, 0.15) is 5.82 Å². The van der Waals surface area contributed by atoms with E-state index in [-0.39, 0.29) is 5.91 Å². The van der Waals surface area contributed by atoms with Crippen molar-refractivity contribution >= 4 is 11.7 Å². The minimum absolute atomic E-state index is 0.166. The number of carbonyl (C=O) groups excluding carboxylic acids is 1. The maximum absolute atomic E-state index is 13.0. The van der Waals surface area contributed by atoms with Gasteiger partial charge in [-0.15, -0.1) is 0 Å². The Morgan fingerprint density at radius 1 is 1.19 bits per heavy atom. The van der Waals surface area contributed by atoms with Crippen LogP contribution in [-0.4, -0.2) is 33.8 Å². The Bertz CT molecular complexity index is 929. The summed E-state index contributed by atoms with van der Waals surface area (Å²) in [5, 5.41) is 10.9. The van der Waals surface area contributed by atoms with Gasteiger partial charge in [0.25, 0.3) is 5.91 Å². The number of benzene rings is 1. The largest absolute Gasteiger partial charge is 0.317 e. The summed E-state index contributed by atoms with van der Waals surface area (Å²) in [6.45, 7) is 3.96. The van der Waals surface area contributed by atoms with Gasteiger partial charge in [-0.3, -0.25) is 4.79 Å². The number of amides is 1. The molecule has 0 bridgehead atoms. The predicted molar refractivity (Wildman–Crippen MR) is 105 cm³/mol. The Kier molecular flexibility index (Phi) is 4.98. The van der Waals surface area contributed by atoms with E-state index in [0.717, 1.165) is 37.3 Å². The van der Waals surface area contributed by atoms with E-state index in [9.17, 15) is 4.79 Å². The molecule has 6 nitrogen and oxygen atoms in total. The summed E-state index contributed by atoms with van der Waals surface area (Å²) < 4.78 is 1.93. The van der Waals surface area contributed by atoms with Crippen LogP contribution in [0, 0.1) is 6.92 Å². The number of rotatable bonds is 4. The van der Waals surface area contributed by atoms with Crippen LogP contribution in [0.1, 0.15) is 40.4 Å². The summed E-state index contributed by atoms with van der Waals surface area (Å²) in [4.78, 5) is 17.2. The summed E-state index contributed by atoms with van der Waals surface area (Å²) in [6, 6.07) is 13.7. The molecule has 1 aliphatic heterocycles. The lowest BCUT2D eigenvalue weighted by Gasteiger charge is -2.24. The summed E-state index contributed by atoms with van der Waals surface area (Å²) in [5.41, 5.74) is 3.75. The van der Waals surface area contributed by atoms with Crippen molar-refractivity contribution in [1.29, 1.82) is 0 Å². The summed E-state index contributed by atoms with van der Waals surface area (Å²) in [7, 11) is 0. The molecule has 0 saturated carbocycles. The highest BCUT2D eigenvalue weighted by atomic mass is 16.1. The zero-order chi connectivity index (χ0) is 18.6. The lowest BCUT2D eigenvalue weighted by molar-refractivity contribution is 0.102. The van der Waals surface area contributed by atoms with Crippen molar-refractivity contribution in [3.63, 3.8) is 0 Å². The minimum Gasteiger partial charge on any atom is -0.317 e. The predicted octanol–water partition coefficient (Wildman–Crippen LogP) is 3.30. The van der Waals surface area contributed by atoms with Gasteiger partial charge < -0.3 is 10.6 Å². The van der Waals surface area contributed by atoms with Gasteiger partial charge in [-0.25, -0.2) is 9.67 Å². The standard InChI is InChI=1S/C21H23N5O/c1-15-5-4-6-17(13-15)26-20(16-8-11-22-12-9-16)18(14-24-26)21(27)25-19-7-2-3-10-23-19/h2-7,10,13-14,16,22H,8-9,11-12H2,1H3,(H,23,25,27). The van der Waals surface area contributed by atoms with E-state index in [4.69, 9.17) is 0 Å². The number of carbonyl (C=O) groups is 1. The maximum Gasteiger partial charge on any atom is 0.260 e. The first kappa shape index (κ1) is 17.4. The molecule has 2 N–H and O–H groups in total. The van der Waals surface area contributed by atoms with Gasteiger partial charge in [0, 0.05) is 12.1 Å². The van der Waals surface area contributed by atoms with Crippen molar-refractivity contribution in [3.8, 4) is 5.69 Å². The Labute approximate surface area is 158 Å². The molecule has 138 valence electrons. The lowest BCUT2D eigenvalue weighted by atomic mass is 9.91. The Morgan fingerprint density at radius 3 is 2.78 bits per heavy atom. The zero-order valence-electron chi connectivity index (χ0n) is 15.4. The van der Waals surface area contributed by atoms with Crippen molar-refractivity contribution in [1.82, 2.24) is 20.1 Å². The number of hydrogen-bond donors (Lipinski definition) is 2. The van der Waals surface area contributed by atoms with Crippen LogP contribution in [0.3, 0.4) is 0 Å². The molecule has 3 heterocycles. The molecule has 2 aromatic heterocycles. The second kappa shape index (κ2) is 7.72. The van der Waals surface area contributed by atoms with Gasteiger partial charge in [-0.05, 0) is 62.7 Å². The van der Waals surface area contributed by atoms with Crippen molar-refractivity contribution in [2.24, 2.45) is 0 Å². The van der Waals surface area contributed by atoms with E-state index >= 15 is 0 Å². The molecular weight excluding hydrogens is 338 g/mol. The molecule has 0 atom stereocenters. The smallest absolute Gasteiger partial charge is 0.260 e. The number of aromatic nitrogens is 3. The van der Waals surface area contributed by atoms with Crippen molar-refractivity contribution in [2.75, 3.05) is 18.4 Å². The fraction of sp³-hybridized carbons (Fsp3) is 0.286. The van der Waals surface area contributed by atoms with Crippen LogP contribution in [0.25, 0.3) is 5.69 Å². The van der Waals surface area contributed by atoms with Crippen LogP contribution >= 0.6 is 0 Å². The number of aryl methyl sites for hydroxylation is 1. The molecular formula is C21H23N5O. The molecule has 4 rings (SSSR count). The molecule has 0 unspecified atom stereocenters. The quantitative estimate of drug-likeness (QED) is 0.748. The second-order valence-electron chi connectivity index (χ2n) is 6.89. The highest BCUT2D eigenvalue weighted by Gasteiger charge is 2.27. The van der Waals surface area contributed by atoms with E-state index in [1.165, 1.54) is 5.56 Å². The monoisotopic (exact) mass is 361 g/mol. The van der Waals surface area contributed by atoms with Gasteiger partial charge in [0.2, 0.25) is 0 Å². The molecule has 0 spiro atoms. The van der Waals surface area contributed by atoms with E-state index in [0.29, 0.717) is 17.3 Å². The molecule has 3 aromatic rings. The number of anilines is 1. The highest BCUT2D eigenvalue weighted by Crippen LogP contribution is 2.30. The average molecular weight is 361 g/mol. The van der Waals surface area contributed by atoms with E-state index in [2.05, 4.69) is 39.8 Å². The molecule has 27 heavy (non-hydrogen) atoms. The van der Waals surface area contributed by atoms with Gasteiger partial charge in [-0.2, -0.15) is 5.10 Å². The molecule has 1 fully saturated rings. The van der Waals surface area contributed by atoms with Gasteiger partial charge in [-0.1, -0.05) is 18.2 Å². The summed E-state index contributed by atoms with van der Waals surface area (Å²) in [5.74, 6) is 0.668. The van der Waals surface area contributed by atoms with Crippen LogP contribution in [0.4, 0.5) is 5.82 Å². The second-order valence-corrected chi connectivity index (χ2v) is 6.89. The summed E-state index contributed by atoms with van der Waals surface area (Å²) >= 11 is 0. The number of nitrogens with zero attached hydrogens (tertiary/aromatic N) is 3. The van der Waals surface area contributed by atoms with Crippen molar-refractivity contribution in [3.05, 3.63) is 71.7 Å². The number of pyridine rings is 1. The average Bonchev–Trinajstić information content (AvgIpc) is 3.15. The normalized spacial score (nSPS) is 14.9. The minimum atomic E-state index is -0.166. The first-order valence-electron chi connectivity index (χ1n) is 9.30. The first-order valence-corrected chi connectivity index (χ1v) is 9.30. The van der Waals surface area contributed by atoms with Crippen molar-refractivity contribution < 1.29 is 4.79 Å². The number of piperidine rings is 1. The van der Waals surface area contributed by atoms with Crippen LogP contribution in [0.5, 0.6) is 0 Å². The van der Waals surface area contributed by atoms with Gasteiger partial charge >= 0.3 is 0 Å². The van der Waals surface area contributed by atoms with Crippen LogP contribution in [-0.2, 0) is 0 Å². The lowest BCUT2D eigenvalue weighted by Crippen LogP contribution is -2.29. The Morgan fingerprint density at radius 2 is 2.04 bits per heavy atom. The van der Waals surface area contributed by atoms with Crippen LogP contribution in [0.15, 0.2) is 54.9 Å². The van der Waals surface area contributed by atoms with E-state index < -0.39 is 0 Å². The number of hydrogen-bond acceptors (Lipinski definition) is 4. The highest BCUT2D eigenvalue weighted by molar-refractivity contribution is 6.04. The third-order valence-corrected chi connectivity index (χ3v) is 4.93. The van der Waals surface area contributed by atoms with Gasteiger partial charge in [0.15, 0.2) is 0 Å². The SMILES string of the molecule is Cc1cccc(-n2ncc(C(=O)Nc3ccccn3)c2C2CCNCC2)c1. The first-order chi connectivity index (χ1) is 13.2. The zero-order valence-corrected chi connectivity index (χ0v) is 15.4. The Balaban J connectivity index is 1.73. The van der Waals surface area contributed by atoms with E-state index in [1.807, 2.05) is 28.9 Å². The van der Waals surface area contributed by atoms with Gasteiger partial charge in [0.05, 0.1) is 23.1 Å². The fourth-order valence-corrected chi connectivity index (χ4v) is 3.61. The third-order valence-electron chi connectivity index (χ3n) is 4.93. The maximum atomic E-state index is 13.0.